The minimum atomic E-state index is -0.209. The van der Waals surface area contributed by atoms with E-state index in [9.17, 15) is 4.39 Å². The summed E-state index contributed by atoms with van der Waals surface area (Å²) in [6.07, 6.45) is 5.59. The average molecular weight is 332 g/mol. The molecule has 5 heteroatoms. The second kappa shape index (κ2) is 6.02. The molecule has 4 nitrogen and oxygen atoms in total. The first-order valence-corrected chi connectivity index (χ1v) is 8.04. The molecule has 0 aliphatic carbocycles. The van der Waals surface area contributed by atoms with E-state index in [0.717, 1.165) is 33.8 Å². The van der Waals surface area contributed by atoms with Crippen molar-refractivity contribution >= 4 is 11.5 Å². The molecule has 0 aliphatic rings. The van der Waals surface area contributed by atoms with E-state index in [0.29, 0.717) is 5.56 Å². The largest absolute Gasteiger partial charge is 0.373 e. The summed E-state index contributed by atoms with van der Waals surface area (Å²) in [5.41, 5.74) is 5.22. The van der Waals surface area contributed by atoms with Crippen LogP contribution in [-0.2, 0) is 0 Å². The molecule has 0 atom stereocenters. The summed E-state index contributed by atoms with van der Waals surface area (Å²) in [5.74, 6) is 0.708. The number of pyridine rings is 2. The zero-order chi connectivity index (χ0) is 17.4. The number of rotatable bonds is 3. The molecule has 4 rings (SSSR count). The van der Waals surface area contributed by atoms with Gasteiger partial charge in [-0.15, -0.1) is 0 Å². The van der Waals surface area contributed by atoms with Crippen LogP contribution in [0.4, 0.5) is 10.2 Å². The monoisotopic (exact) mass is 332 g/mol. The molecule has 4 aromatic rings. The van der Waals surface area contributed by atoms with E-state index < -0.39 is 0 Å². The van der Waals surface area contributed by atoms with Gasteiger partial charge in [0.25, 0.3) is 0 Å². The SMILES string of the molecule is CNc1cnc2ccc(-c3cccnc3-c3ccc(F)c(C)c3)cn12. The Bertz CT molecular complexity index is 1070. The summed E-state index contributed by atoms with van der Waals surface area (Å²) < 4.78 is 15.6. The van der Waals surface area contributed by atoms with Gasteiger partial charge < -0.3 is 5.32 Å². The van der Waals surface area contributed by atoms with Crippen molar-refractivity contribution in [3.05, 3.63) is 72.4 Å². The van der Waals surface area contributed by atoms with Crippen molar-refractivity contribution in [2.45, 2.75) is 6.92 Å². The lowest BCUT2D eigenvalue weighted by Gasteiger charge is -2.11. The number of hydrogen-bond donors (Lipinski definition) is 1. The smallest absolute Gasteiger partial charge is 0.138 e. The minimum Gasteiger partial charge on any atom is -0.373 e. The van der Waals surface area contributed by atoms with Gasteiger partial charge in [0.2, 0.25) is 0 Å². The molecule has 3 aromatic heterocycles. The molecule has 124 valence electrons. The van der Waals surface area contributed by atoms with Gasteiger partial charge in [-0.05, 0) is 48.9 Å². The van der Waals surface area contributed by atoms with Crippen LogP contribution in [0.3, 0.4) is 0 Å². The molecule has 0 radical (unpaired) electrons. The maximum atomic E-state index is 13.6. The number of fused-ring (bicyclic) bond motifs is 1. The van der Waals surface area contributed by atoms with Crippen molar-refractivity contribution in [3.63, 3.8) is 0 Å². The Kier molecular flexibility index (Phi) is 3.69. The van der Waals surface area contributed by atoms with Crippen molar-refractivity contribution in [2.24, 2.45) is 0 Å². The molecule has 0 amide bonds. The van der Waals surface area contributed by atoms with Crippen LogP contribution in [0.15, 0.2) is 61.1 Å². The van der Waals surface area contributed by atoms with E-state index in [1.54, 1.807) is 25.4 Å². The van der Waals surface area contributed by atoms with E-state index in [-0.39, 0.29) is 5.82 Å². The van der Waals surface area contributed by atoms with E-state index in [2.05, 4.69) is 15.3 Å². The molecule has 0 unspecified atom stereocenters. The van der Waals surface area contributed by atoms with E-state index >= 15 is 0 Å². The number of aryl methyl sites for hydroxylation is 1. The maximum Gasteiger partial charge on any atom is 0.138 e. The van der Waals surface area contributed by atoms with Gasteiger partial charge in [-0.2, -0.15) is 0 Å². The van der Waals surface area contributed by atoms with Crippen LogP contribution in [0.5, 0.6) is 0 Å². The quantitative estimate of drug-likeness (QED) is 0.598. The van der Waals surface area contributed by atoms with Crippen molar-refractivity contribution in [2.75, 3.05) is 12.4 Å². The predicted octanol–water partition coefficient (Wildman–Crippen LogP) is 4.55. The first kappa shape index (κ1) is 15.3. The third kappa shape index (κ3) is 2.63. The highest BCUT2D eigenvalue weighted by Gasteiger charge is 2.11. The van der Waals surface area contributed by atoms with Crippen molar-refractivity contribution in [1.29, 1.82) is 0 Å². The van der Waals surface area contributed by atoms with Crippen LogP contribution < -0.4 is 5.32 Å². The van der Waals surface area contributed by atoms with E-state index in [4.69, 9.17) is 0 Å². The molecule has 0 saturated heterocycles. The number of nitrogens with one attached hydrogen (secondary N) is 1. The van der Waals surface area contributed by atoms with Crippen LogP contribution in [0, 0.1) is 12.7 Å². The normalized spacial score (nSPS) is 11.0. The maximum absolute atomic E-state index is 13.6. The van der Waals surface area contributed by atoms with Gasteiger partial charge in [-0.25, -0.2) is 9.37 Å². The number of anilines is 1. The third-order valence-corrected chi connectivity index (χ3v) is 4.31. The first-order chi connectivity index (χ1) is 12.2. The number of aromatic nitrogens is 3. The zero-order valence-corrected chi connectivity index (χ0v) is 14.0. The van der Waals surface area contributed by atoms with Crippen molar-refractivity contribution in [1.82, 2.24) is 14.4 Å². The fourth-order valence-corrected chi connectivity index (χ4v) is 2.99. The molecular weight excluding hydrogens is 315 g/mol. The summed E-state index contributed by atoms with van der Waals surface area (Å²) >= 11 is 0. The number of imidazole rings is 1. The molecule has 0 spiro atoms. The van der Waals surface area contributed by atoms with Crippen LogP contribution in [0.1, 0.15) is 5.56 Å². The Morgan fingerprint density at radius 1 is 1.04 bits per heavy atom. The summed E-state index contributed by atoms with van der Waals surface area (Å²) in [7, 11) is 1.87. The summed E-state index contributed by atoms with van der Waals surface area (Å²) in [6, 6.07) is 13.0. The lowest BCUT2D eigenvalue weighted by Crippen LogP contribution is -1.96. The Balaban J connectivity index is 1.90. The average Bonchev–Trinajstić information content (AvgIpc) is 3.06. The van der Waals surface area contributed by atoms with Gasteiger partial charge >= 0.3 is 0 Å². The molecule has 0 fully saturated rings. The van der Waals surface area contributed by atoms with Crippen LogP contribution in [-0.4, -0.2) is 21.4 Å². The zero-order valence-electron chi connectivity index (χ0n) is 14.0. The number of halogens is 1. The molecule has 0 bridgehead atoms. The Labute approximate surface area is 145 Å². The molecule has 25 heavy (non-hydrogen) atoms. The summed E-state index contributed by atoms with van der Waals surface area (Å²) in [4.78, 5) is 8.91. The Hall–Kier alpha value is -3.21. The second-order valence-electron chi connectivity index (χ2n) is 5.90. The predicted molar refractivity (Wildman–Crippen MR) is 98.1 cm³/mol. The molecular formula is C20H17FN4. The van der Waals surface area contributed by atoms with Gasteiger partial charge in [0.15, 0.2) is 0 Å². The number of benzene rings is 1. The molecule has 1 N–H and O–H groups in total. The topological polar surface area (TPSA) is 42.2 Å². The summed E-state index contributed by atoms with van der Waals surface area (Å²) in [6.45, 7) is 1.76. The van der Waals surface area contributed by atoms with Crippen LogP contribution in [0.2, 0.25) is 0 Å². The van der Waals surface area contributed by atoms with Crippen LogP contribution >= 0.6 is 0 Å². The van der Waals surface area contributed by atoms with Gasteiger partial charge in [-0.3, -0.25) is 9.38 Å². The lowest BCUT2D eigenvalue weighted by molar-refractivity contribution is 0.619. The van der Waals surface area contributed by atoms with Crippen molar-refractivity contribution in [3.8, 4) is 22.4 Å². The van der Waals surface area contributed by atoms with Crippen LogP contribution in [0.25, 0.3) is 28.0 Å². The third-order valence-electron chi connectivity index (χ3n) is 4.31. The number of hydrogen-bond acceptors (Lipinski definition) is 3. The highest BCUT2D eigenvalue weighted by molar-refractivity contribution is 5.81. The highest BCUT2D eigenvalue weighted by atomic mass is 19.1. The van der Waals surface area contributed by atoms with Gasteiger partial charge in [0.05, 0.1) is 11.9 Å². The van der Waals surface area contributed by atoms with E-state index in [1.165, 1.54) is 6.07 Å². The Morgan fingerprint density at radius 2 is 1.88 bits per heavy atom. The highest BCUT2D eigenvalue weighted by Crippen LogP contribution is 2.31. The standard InChI is InChI=1S/C20H17FN4/c1-13-10-14(5-7-17(13)21)20-16(4-3-9-23-20)15-6-8-18-24-11-19(22-2)25(18)12-15/h3-12,22H,1-2H3. The molecule has 1 aromatic carbocycles. The van der Waals surface area contributed by atoms with E-state index in [1.807, 2.05) is 48.0 Å². The fraction of sp³-hybridized carbons (Fsp3) is 0.100. The lowest BCUT2D eigenvalue weighted by atomic mass is 9.99. The van der Waals surface area contributed by atoms with Gasteiger partial charge in [0.1, 0.15) is 17.3 Å². The first-order valence-electron chi connectivity index (χ1n) is 8.04. The molecule has 0 aliphatic heterocycles. The minimum absolute atomic E-state index is 0.209. The summed E-state index contributed by atoms with van der Waals surface area (Å²) in [5, 5.41) is 3.13. The fourth-order valence-electron chi connectivity index (χ4n) is 2.99. The van der Waals surface area contributed by atoms with Gasteiger partial charge in [0, 0.05) is 36.1 Å². The second-order valence-corrected chi connectivity index (χ2v) is 5.90. The van der Waals surface area contributed by atoms with Gasteiger partial charge in [-0.1, -0.05) is 6.07 Å². The molecule has 0 saturated carbocycles. The number of nitrogens with zero attached hydrogens (tertiary/aromatic N) is 3. The Morgan fingerprint density at radius 3 is 2.68 bits per heavy atom. The molecule has 3 heterocycles. The van der Waals surface area contributed by atoms with Crippen molar-refractivity contribution < 1.29 is 4.39 Å².